The molecule has 4 rings (SSSR count). The third kappa shape index (κ3) is 5.11. The van der Waals surface area contributed by atoms with Gasteiger partial charge < -0.3 is 15.0 Å². The standard InChI is InChI=1S/C24H28N4O3/c1-31-20-9-6-18(7-10-20)23-17-24(25-12-5-15-27-13-3-2-4-14-27)21-16-19(28(29)30)8-11-22(21)26-23/h6-11,16-17H,2-5,12-15H2,1H3,(H,25,26). The van der Waals surface area contributed by atoms with Crippen molar-refractivity contribution >= 4 is 22.3 Å². The van der Waals surface area contributed by atoms with Crippen molar-refractivity contribution in [3.05, 3.63) is 58.6 Å². The number of ether oxygens (including phenoxy) is 1. The fourth-order valence-corrected chi connectivity index (χ4v) is 4.09. The van der Waals surface area contributed by atoms with Crippen molar-refractivity contribution < 1.29 is 9.66 Å². The summed E-state index contributed by atoms with van der Waals surface area (Å²) < 4.78 is 5.25. The molecule has 1 N–H and O–H groups in total. The highest BCUT2D eigenvalue weighted by Gasteiger charge is 2.13. The summed E-state index contributed by atoms with van der Waals surface area (Å²) >= 11 is 0. The van der Waals surface area contributed by atoms with Gasteiger partial charge in [-0.2, -0.15) is 0 Å². The van der Waals surface area contributed by atoms with Gasteiger partial charge in [0.2, 0.25) is 0 Å². The van der Waals surface area contributed by atoms with E-state index in [1.807, 2.05) is 30.3 Å². The molecule has 7 nitrogen and oxygen atoms in total. The number of benzene rings is 2. The van der Waals surface area contributed by atoms with Crippen LogP contribution in [0.3, 0.4) is 0 Å². The van der Waals surface area contributed by atoms with Crippen molar-refractivity contribution in [3.8, 4) is 17.0 Å². The normalized spacial score (nSPS) is 14.5. The summed E-state index contributed by atoms with van der Waals surface area (Å²) in [7, 11) is 1.64. The summed E-state index contributed by atoms with van der Waals surface area (Å²) in [4.78, 5) is 18.2. The first-order valence-electron chi connectivity index (χ1n) is 10.8. The van der Waals surface area contributed by atoms with E-state index in [1.54, 1.807) is 19.2 Å². The van der Waals surface area contributed by atoms with Gasteiger partial charge in [-0.15, -0.1) is 0 Å². The van der Waals surface area contributed by atoms with Gasteiger partial charge in [0.25, 0.3) is 5.69 Å². The second-order valence-electron chi connectivity index (χ2n) is 7.92. The molecule has 0 atom stereocenters. The fraction of sp³-hybridized carbons (Fsp3) is 0.375. The van der Waals surface area contributed by atoms with Gasteiger partial charge in [0.15, 0.2) is 0 Å². The Morgan fingerprint density at radius 1 is 1.10 bits per heavy atom. The second kappa shape index (κ2) is 9.75. The highest BCUT2D eigenvalue weighted by atomic mass is 16.6. The van der Waals surface area contributed by atoms with E-state index in [9.17, 15) is 10.1 Å². The molecule has 1 aliphatic heterocycles. The summed E-state index contributed by atoms with van der Waals surface area (Å²) in [6.45, 7) is 4.25. The maximum Gasteiger partial charge on any atom is 0.270 e. The number of nitro groups is 1. The number of anilines is 1. The maximum atomic E-state index is 11.3. The molecule has 2 heterocycles. The average Bonchev–Trinajstić information content (AvgIpc) is 2.82. The Morgan fingerprint density at radius 2 is 1.87 bits per heavy atom. The lowest BCUT2D eigenvalue weighted by molar-refractivity contribution is -0.384. The lowest BCUT2D eigenvalue weighted by Crippen LogP contribution is -2.31. The molecule has 1 saturated heterocycles. The number of likely N-dealkylation sites (tertiary alicyclic amines) is 1. The van der Waals surface area contributed by atoms with E-state index in [-0.39, 0.29) is 10.6 Å². The molecule has 2 aromatic carbocycles. The van der Waals surface area contributed by atoms with Crippen LogP contribution in [0.4, 0.5) is 11.4 Å². The van der Waals surface area contributed by atoms with E-state index < -0.39 is 0 Å². The predicted molar refractivity (Wildman–Crippen MR) is 124 cm³/mol. The maximum absolute atomic E-state index is 11.3. The zero-order chi connectivity index (χ0) is 21.6. The number of hydrogen-bond acceptors (Lipinski definition) is 6. The van der Waals surface area contributed by atoms with Crippen LogP contribution in [-0.4, -0.2) is 48.1 Å². The van der Waals surface area contributed by atoms with Gasteiger partial charge in [0, 0.05) is 35.3 Å². The number of hydrogen-bond donors (Lipinski definition) is 1. The monoisotopic (exact) mass is 420 g/mol. The molecule has 0 spiro atoms. The molecular weight excluding hydrogens is 392 g/mol. The summed E-state index contributed by atoms with van der Waals surface area (Å²) in [6, 6.07) is 14.6. The SMILES string of the molecule is COc1ccc(-c2cc(NCCCN3CCCCC3)c3cc([N+](=O)[O-])ccc3n2)cc1. The molecule has 162 valence electrons. The van der Waals surface area contributed by atoms with Crippen LogP contribution in [0, 0.1) is 10.1 Å². The van der Waals surface area contributed by atoms with E-state index in [0.29, 0.717) is 0 Å². The van der Waals surface area contributed by atoms with Crippen molar-refractivity contribution in [3.63, 3.8) is 0 Å². The largest absolute Gasteiger partial charge is 0.497 e. The van der Waals surface area contributed by atoms with E-state index in [2.05, 4.69) is 10.2 Å². The number of nitrogens with zero attached hydrogens (tertiary/aromatic N) is 3. The average molecular weight is 421 g/mol. The Kier molecular flexibility index (Phi) is 6.62. The summed E-state index contributed by atoms with van der Waals surface area (Å²) in [5.74, 6) is 0.788. The van der Waals surface area contributed by atoms with Crippen molar-refractivity contribution in [2.75, 3.05) is 38.6 Å². The van der Waals surface area contributed by atoms with Crippen LogP contribution in [0.2, 0.25) is 0 Å². The topological polar surface area (TPSA) is 80.5 Å². The number of pyridine rings is 1. The van der Waals surface area contributed by atoms with Crippen molar-refractivity contribution in [2.45, 2.75) is 25.7 Å². The quantitative estimate of drug-likeness (QED) is 0.310. The van der Waals surface area contributed by atoms with Gasteiger partial charge in [-0.25, -0.2) is 4.98 Å². The van der Waals surface area contributed by atoms with Crippen molar-refractivity contribution in [2.24, 2.45) is 0 Å². The predicted octanol–water partition coefficient (Wildman–Crippen LogP) is 5.11. The minimum Gasteiger partial charge on any atom is -0.497 e. The van der Waals surface area contributed by atoms with Crippen LogP contribution in [0.15, 0.2) is 48.5 Å². The number of aromatic nitrogens is 1. The van der Waals surface area contributed by atoms with Gasteiger partial charge in [-0.1, -0.05) is 6.42 Å². The molecule has 0 aliphatic carbocycles. The first kappa shape index (κ1) is 21.1. The molecule has 0 saturated carbocycles. The third-order valence-electron chi connectivity index (χ3n) is 5.80. The van der Waals surface area contributed by atoms with Gasteiger partial charge in [-0.3, -0.25) is 10.1 Å². The van der Waals surface area contributed by atoms with Crippen molar-refractivity contribution in [1.82, 2.24) is 9.88 Å². The van der Waals surface area contributed by atoms with E-state index in [4.69, 9.17) is 9.72 Å². The Morgan fingerprint density at radius 3 is 2.58 bits per heavy atom. The molecule has 3 aromatic rings. The summed E-state index contributed by atoms with van der Waals surface area (Å²) in [6.07, 6.45) is 4.94. The zero-order valence-electron chi connectivity index (χ0n) is 17.8. The van der Waals surface area contributed by atoms with E-state index in [0.717, 1.165) is 53.1 Å². The van der Waals surface area contributed by atoms with E-state index >= 15 is 0 Å². The molecule has 0 radical (unpaired) electrons. The smallest absolute Gasteiger partial charge is 0.270 e. The van der Waals surface area contributed by atoms with Crippen LogP contribution < -0.4 is 10.1 Å². The van der Waals surface area contributed by atoms with Crippen LogP contribution in [0.25, 0.3) is 22.2 Å². The highest BCUT2D eigenvalue weighted by Crippen LogP contribution is 2.31. The number of piperidine rings is 1. The molecule has 7 heteroatoms. The zero-order valence-corrected chi connectivity index (χ0v) is 17.8. The second-order valence-corrected chi connectivity index (χ2v) is 7.92. The summed E-state index contributed by atoms with van der Waals surface area (Å²) in [5, 5.41) is 15.6. The number of rotatable bonds is 8. The Labute approximate surface area is 182 Å². The lowest BCUT2D eigenvalue weighted by atomic mass is 10.1. The molecule has 0 unspecified atom stereocenters. The Bertz CT molecular complexity index is 1050. The number of nitro benzene ring substituents is 1. The first-order chi connectivity index (χ1) is 15.1. The van der Waals surface area contributed by atoms with Crippen LogP contribution in [-0.2, 0) is 0 Å². The van der Waals surface area contributed by atoms with Crippen molar-refractivity contribution in [1.29, 1.82) is 0 Å². The Balaban J connectivity index is 1.59. The summed E-state index contributed by atoms with van der Waals surface area (Å²) in [5.41, 5.74) is 3.47. The minimum atomic E-state index is -0.364. The molecule has 0 amide bonds. The third-order valence-corrected chi connectivity index (χ3v) is 5.80. The highest BCUT2D eigenvalue weighted by molar-refractivity contribution is 5.95. The van der Waals surface area contributed by atoms with Gasteiger partial charge in [-0.05, 0) is 75.3 Å². The molecule has 31 heavy (non-hydrogen) atoms. The lowest BCUT2D eigenvalue weighted by Gasteiger charge is -2.26. The van der Waals surface area contributed by atoms with E-state index in [1.165, 1.54) is 38.4 Å². The Hall–Kier alpha value is -3.19. The van der Waals surface area contributed by atoms with Gasteiger partial charge in [0.05, 0.1) is 23.2 Å². The number of nitrogens with one attached hydrogen (secondary N) is 1. The fourth-order valence-electron chi connectivity index (χ4n) is 4.09. The molecular formula is C24H28N4O3. The van der Waals surface area contributed by atoms with Crippen LogP contribution >= 0.6 is 0 Å². The van der Waals surface area contributed by atoms with Crippen LogP contribution in [0.1, 0.15) is 25.7 Å². The molecule has 1 aromatic heterocycles. The molecule has 1 aliphatic rings. The number of methoxy groups -OCH3 is 1. The molecule has 0 bridgehead atoms. The number of non-ortho nitro benzene ring substituents is 1. The molecule has 1 fully saturated rings. The van der Waals surface area contributed by atoms with Gasteiger partial charge in [0.1, 0.15) is 5.75 Å². The number of fused-ring (bicyclic) bond motifs is 1. The van der Waals surface area contributed by atoms with Crippen LogP contribution in [0.5, 0.6) is 5.75 Å². The van der Waals surface area contributed by atoms with Gasteiger partial charge >= 0.3 is 0 Å². The first-order valence-corrected chi connectivity index (χ1v) is 10.8. The minimum absolute atomic E-state index is 0.0721.